The highest BCUT2D eigenvalue weighted by atomic mass is 16.1. The van der Waals surface area contributed by atoms with E-state index in [1.165, 1.54) is 0 Å². The van der Waals surface area contributed by atoms with Gasteiger partial charge in [-0.2, -0.15) is 0 Å². The lowest BCUT2D eigenvalue weighted by Gasteiger charge is -2.14. The van der Waals surface area contributed by atoms with Crippen molar-refractivity contribution >= 4 is 5.91 Å². The molecule has 0 spiro atoms. The van der Waals surface area contributed by atoms with Crippen LogP contribution in [0.1, 0.15) is 38.8 Å². The zero-order chi connectivity index (χ0) is 12.0. The van der Waals surface area contributed by atoms with Crippen molar-refractivity contribution in [2.24, 2.45) is 0 Å². The fraction of sp³-hybridized carbons (Fsp3) is 0.385. The highest BCUT2D eigenvalue weighted by molar-refractivity contribution is 5.92. The van der Waals surface area contributed by atoms with Crippen LogP contribution in [0.25, 0.3) is 0 Å². The van der Waals surface area contributed by atoms with Gasteiger partial charge in [-0.15, -0.1) is 0 Å². The van der Waals surface area contributed by atoms with Crippen LogP contribution >= 0.6 is 0 Å². The molecular weight excluding hydrogens is 200 g/mol. The molecule has 0 saturated heterocycles. The maximum absolute atomic E-state index is 11.7. The van der Waals surface area contributed by atoms with Crippen molar-refractivity contribution in [2.75, 3.05) is 0 Å². The number of aromatic nitrogens is 1. The molecule has 3 nitrogen and oxygen atoms in total. The third-order valence-corrected chi connectivity index (χ3v) is 2.42. The van der Waals surface area contributed by atoms with Gasteiger partial charge in [0, 0.05) is 18.0 Å². The summed E-state index contributed by atoms with van der Waals surface area (Å²) in [4.78, 5) is 15.7. The van der Waals surface area contributed by atoms with E-state index in [2.05, 4.69) is 10.3 Å². The first-order valence-electron chi connectivity index (χ1n) is 5.52. The molecule has 0 aromatic carbocycles. The van der Waals surface area contributed by atoms with Gasteiger partial charge in [-0.1, -0.05) is 13.0 Å². The van der Waals surface area contributed by atoms with Gasteiger partial charge in [0.15, 0.2) is 0 Å². The van der Waals surface area contributed by atoms with Crippen LogP contribution in [0.15, 0.2) is 36.2 Å². The molecule has 3 heteroatoms. The Morgan fingerprint density at radius 1 is 1.50 bits per heavy atom. The summed E-state index contributed by atoms with van der Waals surface area (Å²) >= 11 is 0. The average Bonchev–Trinajstić information content (AvgIpc) is 2.30. The van der Waals surface area contributed by atoms with E-state index >= 15 is 0 Å². The molecule has 16 heavy (non-hydrogen) atoms. The topological polar surface area (TPSA) is 42.0 Å². The second kappa shape index (κ2) is 6.05. The number of carbonyl (C=O) groups excluding carboxylic acids is 1. The SMILES string of the molecule is CCC=C(C)C(=O)NC(C)c1ccncc1. The number of rotatable bonds is 4. The Kier molecular flexibility index (Phi) is 4.70. The predicted molar refractivity (Wildman–Crippen MR) is 64.8 cm³/mol. The van der Waals surface area contributed by atoms with Crippen LogP contribution in [-0.4, -0.2) is 10.9 Å². The average molecular weight is 218 g/mol. The van der Waals surface area contributed by atoms with E-state index in [9.17, 15) is 4.79 Å². The van der Waals surface area contributed by atoms with Gasteiger partial charge in [-0.3, -0.25) is 9.78 Å². The van der Waals surface area contributed by atoms with Crippen LogP contribution in [0.5, 0.6) is 0 Å². The fourth-order valence-electron chi connectivity index (χ4n) is 1.44. The van der Waals surface area contributed by atoms with Gasteiger partial charge in [0.05, 0.1) is 6.04 Å². The summed E-state index contributed by atoms with van der Waals surface area (Å²) in [5, 5.41) is 2.95. The van der Waals surface area contributed by atoms with Crippen molar-refractivity contribution < 1.29 is 4.79 Å². The predicted octanol–water partition coefficient (Wildman–Crippen LogP) is 2.62. The molecule has 0 saturated carbocycles. The van der Waals surface area contributed by atoms with Crippen LogP contribution in [0.4, 0.5) is 0 Å². The largest absolute Gasteiger partial charge is 0.346 e. The Balaban J connectivity index is 2.62. The van der Waals surface area contributed by atoms with E-state index in [-0.39, 0.29) is 11.9 Å². The van der Waals surface area contributed by atoms with Gasteiger partial charge in [0.2, 0.25) is 5.91 Å². The van der Waals surface area contributed by atoms with Gasteiger partial charge in [0.25, 0.3) is 0 Å². The lowest BCUT2D eigenvalue weighted by molar-refractivity contribution is -0.118. The highest BCUT2D eigenvalue weighted by Crippen LogP contribution is 2.11. The smallest absolute Gasteiger partial charge is 0.247 e. The van der Waals surface area contributed by atoms with Crippen LogP contribution in [0.3, 0.4) is 0 Å². The van der Waals surface area contributed by atoms with Gasteiger partial charge >= 0.3 is 0 Å². The summed E-state index contributed by atoms with van der Waals surface area (Å²) in [6, 6.07) is 3.82. The van der Waals surface area contributed by atoms with Crippen molar-refractivity contribution in [3.8, 4) is 0 Å². The molecule has 1 atom stereocenters. The minimum Gasteiger partial charge on any atom is -0.346 e. The van der Waals surface area contributed by atoms with Crippen molar-refractivity contribution in [1.82, 2.24) is 10.3 Å². The standard InChI is InChI=1S/C13H18N2O/c1-4-5-10(2)13(16)15-11(3)12-6-8-14-9-7-12/h5-9,11H,4H2,1-3H3,(H,15,16). The molecule has 1 heterocycles. The third-order valence-electron chi connectivity index (χ3n) is 2.42. The van der Waals surface area contributed by atoms with Crippen LogP contribution in [0, 0.1) is 0 Å². The van der Waals surface area contributed by atoms with Crippen molar-refractivity contribution in [2.45, 2.75) is 33.2 Å². The van der Waals surface area contributed by atoms with Crippen molar-refractivity contribution in [1.29, 1.82) is 0 Å². The minimum atomic E-state index is -0.00818. The van der Waals surface area contributed by atoms with Crippen LogP contribution in [-0.2, 0) is 4.79 Å². The van der Waals surface area contributed by atoms with Crippen molar-refractivity contribution in [3.05, 3.63) is 41.7 Å². The van der Waals surface area contributed by atoms with Crippen LogP contribution in [0.2, 0.25) is 0 Å². The Hall–Kier alpha value is -1.64. The minimum absolute atomic E-state index is 0.00818. The molecule has 0 fully saturated rings. The van der Waals surface area contributed by atoms with E-state index < -0.39 is 0 Å². The Morgan fingerprint density at radius 2 is 2.12 bits per heavy atom. The molecule has 0 bridgehead atoms. The first kappa shape index (κ1) is 12.4. The summed E-state index contributed by atoms with van der Waals surface area (Å²) in [6.45, 7) is 5.81. The second-order valence-electron chi connectivity index (χ2n) is 3.77. The molecule has 0 radical (unpaired) electrons. The van der Waals surface area contributed by atoms with Gasteiger partial charge in [0.1, 0.15) is 0 Å². The number of hydrogen-bond donors (Lipinski definition) is 1. The fourth-order valence-corrected chi connectivity index (χ4v) is 1.44. The number of allylic oxidation sites excluding steroid dienone is 1. The van der Waals surface area contributed by atoms with E-state index in [0.717, 1.165) is 17.6 Å². The molecule has 1 aromatic rings. The summed E-state index contributed by atoms with van der Waals surface area (Å²) in [7, 11) is 0. The van der Waals surface area contributed by atoms with Gasteiger partial charge in [-0.05, 0) is 38.0 Å². The summed E-state index contributed by atoms with van der Waals surface area (Å²) < 4.78 is 0. The molecule has 1 aromatic heterocycles. The van der Waals surface area contributed by atoms with E-state index in [1.807, 2.05) is 39.0 Å². The Bertz CT molecular complexity index is 371. The Labute approximate surface area is 96.6 Å². The number of hydrogen-bond acceptors (Lipinski definition) is 2. The van der Waals surface area contributed by atoms with Crippen molar-refractivity contribution in [3.63, 3.8) is 0 Å². The summed E-state index contributed by atoms with van der Waals surface area (Å²) in [5.41, 5.74) is 1.83. The quantitative estimate of drug-likeness (QED) is 0.789. The summed E-state index contributed by atoms with van der Waals surface area (Å²) in [6.07, 6.45) is 6.26. The lowest BCUT2D eigenvalue weighted by atomic mass is 10.1. The van der Waals surface area contributed by atoms with E-state index in [0.29, 0.717) is 0 Å². The Morgan fingerprint density at radius 3 is 2.69 bits per heavy atom. The van der Waals surface area contributed by atoms with E-state index in [4.69, 9.17) is 0 Å². The first-order chi connectivity index (χ1) is 7.65. The molecule has 0 aliphatic carbocycles. The number of carbonyl (C=O) groups is 1. The molecule has 86 valence electrons. The first-order valence-corrected chi connectivity index (χ1v) is 5.52. The maximum atomic E-state index is 11.7. The third kappa shape index (κ3) is 3.50. The molecule has 0 aliphatic rings. The monoisotopic (exact) mass is 218 g/mol. The van der Waals surface area contributed by atoms with Gasteiger partial charge < -0.3 is 5.32 Å². The van der Waals surface area contributed by atoms with E-state index in [1.54, 1.807) is 12.4 Å². The molecule has 1 N–H and O–H groups in total. The van der Waals surface area contributed by atoms with Gasteiger partial charge in [-0.25, -0.2) is 0 Å². The maximum Gasteiger partial charge on any atom is 0.247 e. The number of amides is 1. The van der Waals surface area contributed by atoms with Crippen LogP contribution < -0.4 is 5.32 Å². The lowest BCUT2D eigenvalue weighted by Crippen LogP contribution is -2.27. The molecular formula is C13H18N2O. The zero-order valence-corrected chi connectivity index (χ0v) is 10.0. The zero-order valence-electron chi connectivity index (χ0n) is 10.0. The molecule has 0 aliphatic heterocycles. The second-order valence-corrected chi connectivity index (χ2v) is 3.77. The number of nitrogens with one attached hydrogen (secondary N) is 1. The normalized spacial score (nSPS) is 13.3. The summed E-state index contributed by atoms with van der Waals surface area (Å²) in [5.74, 6) is -0.00818. The number of pyridine rings is 1. The number of nitrogens with zero attached hydrogens (tertiary/aromatic N) is 1. The molecule has 1 amide bonds. The molecule has 1 rings (SSSR count). The molecule has 1 unspecified atom stereocenters. The highest BCUT2D eigenvalue weighted by Gasteiger charge is 2.09.